The van der Waals surface area contributed by atoms with Gasteiger partial charge in [-0.3, -0.25) is 14.5 Å². The molecule has 0 N–H and O–H groups in total. The zero-order valence-electron chi connectivity index (χ0n) is 8.90. The quantitative estimate of drug-likeness (QED) is 0.379. The number of amides is 2. The van der Waals surface area contributed by atoms with E-state index in [9.17, 15) is 14.4 Å². The Balaban J connectivity index is 2.93. The topological polar surface area (TPSA) is 66.8 Å². The molecule has 0 aromatic carbocycles. The van der Waals surface area contributed by atoms with E-state index < -0.39 is 5.91 Å². The molecule has 0 aromatic heterocycles. The Morgan fingerprint density at radius 3 is 2.40 bits per heavy atom. The van der Waals surface area contributed by atoms with Gasteiger partial charge in [0, 0.05) is 11.6 Å². The first-order chi connectivity index (χ1) is 6.88. The van der Waals surface area contributed by atoms with Crippen LogP contribution in [0.3, 0.4) is 0 Å². The number of carbonyl (C=O) groups excluding carboxylic acids is 3. The standard InChI is InChI=1S/C10H12N2O3/c1-10(2,3)7-4-8(14)12(9(7)15)5-11-6-13/h4H,5H2,1-3H3. The summed E-state index contributed by atoms with van der Waals surface area (Å²) in [5.41, 5.74) is 0.0560. The Labute approximate surface area is 87.5 Å². The van der Waals surface area contributed by atoms with E-state index in [-0.39, 0.29) is 18.0 Å². The van der Waals surface area contributed by atoms with E-state index >= 15 is 0 Å². The molecule has 1 aliphatic heterocycles. The van der Waals surface area contributed by atoms with Crippen LogP contribution in [0.2, 0.25) is 0 Å². The first-order valence-corrected chi connectivity index (χ1v) is 4.49. The summed E-state index contributed by atoms with van der Waals surface area (Å²) in [6.07, 6.45) is 2.59. The van der Waals surface area contributed by atoms with E-state index in [0.29, 0.717) is 5.57 Å². The fourth-order valence-corrected chi connectivity index (χ4v) is 1.28. The number of isocyanates is 1. The third kappa shape index (κ3) is 2.19. The van der Waals surface area contributed by atoms with Gasteiger partial charge in [-0.2, -0.15) is 4.99 Å². The molecule has 0 radical (unpaired) electrons. The number of hydrogen-bond donors (Lipinski definition) is 0. The molecule has 0 saturated carbocycles. The van der Waals surface area contributed by atoms with Gasteiger partial charge >= 0.3 is 0 Å². The molecule has 0 aromatic rings. The van der Waals surface area contributed by atoms with Crippen LogP contribution >= 0.6 is 0 Å². The van der Waals surface area contributed by atoms with Crippen molar-refractivity contribution in [3.8, 4) is 0 Å². The van der Waals surface area contributed by atoms with Crippen LogP contribution in [-0.4, -0.2) is 29.5 Å². The van der Waals surface area contributed by atoms with Crippen molar-refractivity contribution in [3.05, 3.63) is 11.6 Å². The summed E-state index contributed by atoms with van der Waals surface area (Å²) < 4.78 is 0. The maximum absolute atomic E-state index is 11.7. The fraction of sp³-hybridized carbons (Fsp3) is 0.500. The summed E-state index contributed by atoms with van der Waals surface area (Å²) in [5, 5.41) is 0. The van der Waals surface area contributed by atoms with Crippen LogP contribution in [0.1, 0.15) is 20.8 Å². The first kappa shape index (κ1) is 11.3. The van der Waals surface area contributed by atoms with Crippen molar-refractivity contribution in [3.63, 3.8) is 0 Å². The largest absolute Gasteiger partial charge is 0.269 e. The SMILES string of the molecule is CC(C)(C)C1=CC(=O)N(CN=C=O)C1=O. The van der Waals surface area contributed by atoms with E-state index in [1.165, 1.54) is 12.2 Å². The molecule has 0 bridgehead atoms. The maximum Gasteiger partial charge on any atom is 0.258 e. The summed E-state index contributed by atoms with van der Waals surface area (Å²) in [6.45, 7) is 5.28. The summed E-state index contributed by atoms with van der Waals surface area (Å²) in [5.74, 6) is -0.810. The van der Waals surface area contributed by atoms with E-state index in [4.69, 9.17) is 0 Å². The molecule has 1 aliphatic rings. The third-order valence-electron chi connectivity index (χ3n) is 2.09. The van der Waals surface area contributed by atoms with Gasteiger partial charge in [-0.15, -0.1) is 0 Å². The van der Waals surface area contributed by atoms with Gasteiger partial charge in [0.15, 0.2) is 0 Å². The van der Waals surface area contributed by atoms with E-state index in [2.05, 4.69) is 4.99 Å². The van der Waals surface area contributed by atoms with Crippen LogP contribution in [0.25, 0.3) is 0 Å². The summed E-state index contributed by atoms with van der Waals surface area (Å²) in [7, 11) is 0. The summed E-state index contributed by atoms with van der Waals surface area (Å²) >= 11 is 0. The van der Waals surface area contributed by atoms with Crippen molar-refractivity contribution in [2.24, 2.45) is 10.4 Å². The maximum atomic E-state index is 11.7. The molecule has 0 spiro atoms. The Morgan fingerprint density at radius 2 is 2.00 bits per heavy atom. The van der Waals surface area contributed by atoms with Crippen molar-refractivity contribution in [1.29, 1.82) is 0 Å². The number of aliphatic imine (C=N–C) groups is 1. The Bertz CT molecular complexity index is 384. The van der Waals surface area contributed by atoms with Crippen LogP contribution in [0.4, 0.5) is 0 Å². The van der Waals surface area contributed by atoms with E-state index in [1.807, 2.05) is 20.8 Å². The highest BCUT2D eigenvalue weighted by Gasteiger charge is 2.36. The minimum Gasteiger partial charge on any atom is -0.269 e. The second kappa shape index (κ2) is 3.79. The minimum absolute atomic E-state index is 0.253. The van der Waals surface area contributed by atoms with Crippen molar-refractivity contribution < 1.29 is 14.4 Å². The highest BCUT2D eigenvalue weighted by Crippen LogP contribution is 2.30. The molecular weight excluding hydrogens is 196 g/mol. The lowest BCUT2D eigenvalue weighted by Gasteiger charge is -2.19. The Morgan fingerprint density at radius 1 is 1.40 bits per heavy atom. The van der Waals surface area contributed by atoms with Crippen molar-refractivity contribution in [2.75, 3.05) is 6.67 Å². The van der Waals surface area contributed by atoms with Crippen LogP contribution in [0.15, 0.2) is 16.6 Å². The molecule has 15 heavy (non-hydrogen) atoms. The molecule has 5 heteroatoms. The number of hydrogen-bond acceptors (Lipinski definition) is 4. The lowest BCUT2D eigenvalue weighted by molar-refractivity contribution is -0.137. The molecule has 1 rings (SSSR count). The second-order valence-electron chi connectivity index (χ2n) is 4.27. The van der Waals surface area contributed by atoms with Crippen LogP contribution in [0.5, 0.6) is 0 Å². The number of nitrogens with zero attached hydrogens (tertiary/aromatic N) is 2. The zero-order chi connectivity index (χ0) is 11.6. The van der Waals surface area contributed by atoms with Gasteiger partial charge in [-0.05, 0) is 5.41 Å². The zero-order valence-corrected chi connectivity index (χ0v) is 8.90. The van der Waals surface area contributed by atoms with Crippen molar-refractivity contribution in [1.82, 2.24) is 4.90 Å². The summed E-state index contributed by atoms with van der Waals surface area (Å²) in [4.78, 5) is 37.1. The number of carbonyl (C=O) groups is 2. The van der Waals surface area contributed by atoms with Gasteiger partial charge in [0.1, 0.15) is 6.67 Å². The van der Waals surface area contributed by atoms with Gasteiger partial charge in [0.05, 0.1) is 0 Å². The molecule has 0 aliphatic carbocycles. The fourth-order valence-electron chi connectivity index (χ4n) is 1.28. The van der Waals surface area contributed by atoms with Gasteiger partial charge in [-0.1, -0.05) is 20.8 Å². The molecule has 0 fully saturated rings. The molecule has 0 saturated heterocycles. The monoisotopic (exact) mass is 208 g/mol. The van der Waals surface area contributed by atoms with Gasteiger partial charge in [0.25, 0.3) is 11.8 Å². The minimum atomic E-state index is -0.427. The van der Waals surface area contributed by atoms with Crippen LogP contribution in [-0.2, 0) is 14.4 Å². The molecule has 0 atom stereocenters. The van der Waals surface area contributed by atoms with Crippen LogP contribution < -0.4 is 0 Å². The number of imide groups is 1. The lowest BCUT2D eigenvalue weighted by atomic mass is 9.86. The predicted molar refractivity (Wildman–Crippen MR) is 52.4 cm³/mol. The van der Waals surface area contributed by atoms with Gasteiger partial charge < -0.3 is 0 Å². The summed E-state index contributed by atoms with van der Waals surface area (Å²) in [6, 6.07) is 0. The van der Waals surface area contributed by atoms with Gasteiger partial charge in [-0.25, -0.2) is 4.79 Å². The smallest absolute Gasteiger partial charge is 0.258 e. The third-order valence-corrected chi connectivity index (χ3v) is 2.09. The Hall–Kier alpha value is -1.74. The predicted octanol–water partition coefficient (Wildman–Crippen LogP) is 0.621. The normalized spacial score (nSPS) is 16.5. The van der Waals surface area contributed by atoms with E-state index in [1.54, 1.807) is 0 Å². The molecule has 80 valence electrons. The second-order valence-corrected chi connectivity index (χ2v) is 4.27. The number of rotatable bonds is 2. The first-order valence-electron chi connectivity index (χ1n) is 4.49. The molecule has 0 unspecified atom stereocenters. The van der Waals surface area contributed by atoms with Crippen molar-refractivity contribution in [2.45, 2.75) is 20.8 Å². The lowest BCUT2D eigenvalue weighted by Crippen LogP contribution is -2.33. The molecule has 1 heterocycles. The average Bonchev–Trinajstić information content (AvgIpc) is 2.39. The Kier molecular flexibility index (Phi) is 2.86. The van der Waals surface area contributed by atoms with Crippen LogP contribution in [0, 0.1) is 5.41 Å². The average molecular weight is 208 g/mol. The molecule has 2 amide bonds. The molecule has 5 nitrogen and oxygen atoms in total. The highest BCUT2D eigenvalue weighted by atomic mass is 16.2. The van der Waals surface area contributed by atoms with Crippen molar-refractivity contribution >= 4 is 17.9 Å². The van der Waals surface area contributed by atoms with E-state index in [0.717, 1.165) is 4.90 Å². The van der Waals surface area contributed by atoms with Gasteiger partial charge in [0.2, 0.25) is 6.08 Å². The molecular formula is C10H12N2O3. The highest BCUT2D eigenvalue weighted by molar-refractivity contribution is 6.16.